The molecule has 110 valence electrons. The van der Waals surface area contributed by atoms with Crippen molar-refractivity contribution in [2.75, 3.05) is 18.8 Å². The first-order valence-electron chi connectivity index (χ1n) is 6.55. The second-order valence-electron chi connectivity index (χ2n) is 4.56. The molecule has 20 heavy (non-hydrogen) atoms. The Morgan fingerprint density at radius 1 is 1.25 bits per heavy atom. The summed E-state index contributed by atoms with van der Waals surface area (Å²) in [4.78, 5) is 24.4. The molecule has 0 aliphatic carbocycles. The summed E-state index contributed by atoms with van der Waals surface area (Å²) < 4.78 is 1.48. The van der Waals surface area contributed by atoms with Crippen LogP contribution in [-0.2, 0) is 16.1 Å². The minimum atomic E-state index is -0.922. The number of thioether (sulfide) groups is 1. The summed E-state index contributed by atoms with van der Waals surface area (Å²) in [6.07, 6.45) is 3.66. The van der Waals surface area contributed by atoms with Gasteiger partial charge in [-0.1, -0.05) is 11.8 Å². The van der Waals surface area contributed by atoms with Gasteiger partial charge in [0.25, 0.3) is 0 Å². The van der Waals surface area contributed by atoms with Crippen molar-refractivity contribution >= 4 is 23.6 Å². The number of piperidine rings is 1. The van der Waals surface area contributed by atoms with Crippen LogP contribution in [0, 0.1) is 0 Å². The number of hydrogen-bond donors (Lipinski definition) is 1. The number of carboxylic acids is 1. The van der Waals surface area contributed by atoms with Gasteiger partial charge in [-0.3, -0.25) is 9.59 Å². The van der Waals surface area contributed by atoms with E-state index in [9.17, 15) is 9.59 Å². The van der Waals surface area contributed by atoms with Crippen LogP contribution >= 0.6 is 11.8 Å². The fourth-order valence-corrected chi connectivity index (χ4v) is 2.69. The molecular formula is C11H17N5O3S. The lowest BCUT2D eigenvalue weighted by molar-refractivity contribution is -0.134. The Morgan fingerprint density at radius 3 is 2.70 bits per heavy atom. The van der Waals surface area contributed by atoms with Crippen molar-refractivity contribution in [2.24, 2.45) is 0 Å². The molecule has 9 heteroatoms. The van der Waals surface area contributed by atoms with E-state index in [4.69, 9.17) is 5.11 Å². The Labute approximate surface area is 120 Å². The van der Waals surface area contributed by atoms with Crippen molar-refractivity contribution in [3.05, 3.63) is 0 Å². The van der Waals surface area contributed by atoms with Gasteiger partial charge in [0, 0.05) is 19.5 Å². The van der Waals surface area contributed by atoms with E-state index in [1.807, 2.05) is 4.90 Å². The summed E-state index contributed by atoms with van der Waals surface area (Å²) in [7, 11) is 0. The van der Waals surface area contributed by atoms with E-state index in [1.54, 1.807) is 0 Å². The van der Waals surface area contributed by atoms with Gasteiger partial charge < -0.3 is 10.0 Å². The average molecular weight is 299 g/mol. The van der Waals surface area contributed by atoms with Gasteiger partial charge in [-0.2, -0.15) is 0 Å². The van der Waals surface area contributed by atoms with Crippen LogP contribution in [0.3, 0.4) is 0 Å². The highest BCUT2D eigenvalue weighted by Gasteiger charge is 2.17. The Balaban J connectivity index is 1.82. The van der Waals surface area contributed by atoms with E-state index >= 15 is 0 Å². The molecule has 0 aromatic carbocycles. The van der Waals surface area contributed by atoms with Crippen molar-refractivity contribution in [3.63, 3.8) is 0 Å². The number of aryl methyl sites for hydroxylation is 1. The van der Waals surface area contributed by atoms with E-state index in [-0.39, 0.29) is 11.7 Å². The van der Waals surface area contributed by atoms with Crippen molar-refractivity contribution in [1.82, 2.24) is 25.1 Å². The van der Waals surface area contributed by atoms with E-state index in [0.717, 1.165) is 37.7 Å². The van der Waals surface area contributed by atoms with Crippen LogP contribution in [0.4, 0.5) is 0 Å². The normalized spacial score (nSPS) is 15.3. The first-order chi connectivity index (χ1) is 9.66. The van der Waals surface area contributed by atoms with Gasteiger partial charge in [-0.15, -0.1) is 5.10 Å². The molecule has 0 spiro atoms. The fourth-order valence-electron chi connectivity index (χ4n) is 2.07. The van der Waals surface area contributed by atoms with Gasteiger partial charge in [-0.25, -0.2) is 4.68 Å². The van der Waals surface area contributed by atoms with Crippen molar-refractivity contribution in [3.8, 4) is 0 Å². The van der Waals surface area contributed by atoms with E-state index < -0.39 is 5.97 Å². The summed E-state index contributed by atoms with van der Waals surface area (Å²) >= 11 is 1.05. The predicted molar refractivity (Wildman–Crippen MR) is 71.2 cm³/mol. The number of carbonyl (C=O) groups is 2. The zero-order valence-corrected chi connectivity index (χ0v) is 11.9. The molecule has 2 heterocycles. The fraction of sp³-hybridized carbons (Fsp3) is 0.727. The Morgan fingerprint density at radius 2 is 2.00 bits per heavy atom. The molecule has 1 saturated heterocycles. The molecule has 0 radical (unpaired) electrons. The first-order valence-corrected chi connectivity index (χ1v) is 7.54. The average Bonchev–Trinajstić information content (AvgIpc) is 2.91. The Hall–Kier alpha value is -1.64. The molecule has 1 amide bonds. The molecule has 1 aliphatic heterocycles. The maximum absolute atomic E-state index is 12.0. The minimum Gasteiger partial charge on any atom is -0.481 e. The maximum atomic E-state index is 12.0. The highest BCUT2D eigenvalue weighted by Crippen LogP contribution is 2.14. The summed E-state index contributed by atoms with van der Waals surface area (Å²) in [6.45, 7) is 2.04. The molecule has 1 N–H and O–H groups in total. The SMILES string of the molecule is O=C(O)CSc1nnnn1CCC(=O)N1CCCCC1. The molecule has 2 rings (SSSR count). The molecular weight excluding hydrogens is 282 g/mol. The number of aliphatic carboxylic acids is 1. The standard InChI is InChI=1S/C11H17N5O3S/c17-9(15-5-2-1-3-6-15)4-7-16-11(12-13-14-16)20-8-10(18)19/h1-8H2,(H,18,19). The third-order valence-electron chi connectivity index (χ3n) is 3.07. The number of amides is 1. The summed E-state index contributed by atoms with van der Waals surface area (Å²) in [5.74, 6) is -0.913. The molecule has 0 unspecified atom stereocenters. The number of carboxylic acid groups (broad SMARTS) is 1. The lowest BCUT2D eigenvalue weighted by Crippen LogP contribution is -2.36. The lowest BCUT2D eigenvalue weighted by Gasteiger charge is -2.26. The van der Waals surface area contributed by atoms with Gasteiger partial charge in [0.2, 0.25) is 11.1 Å². The molecule has 1 aromatic rings. The maximum Gasteiger partial charge on any atom is 0.313 e. The quantitative estimate of drug-likeness (QED) is 0.751. The number of carbonyl (C=O) groups excluding carboxylic acids is 1. The zero-order chi connectivity index (χ0) is 14.4. The van der Waals surface area contributed by atoms with E-state index in [1.165, 1.54) is 11.1 Å². The van der Waals surface area contributed by atoms with Crippen LogP contribution in [0.25, 0.3) is 0 Å². The second kappa shape index (κ2) is 7.22. The number of rotatable bonds is 6. The molecule has 1 fully saturated rings. The Bertz CT molecular complexity index is 472. The number of nitrogens with zero attached hydrogens (tertiary/aromatic N) is 5. The number of hydrogen-bond acceptors (Lipinski definition) is 6. The van der Waals surface area contributed by atoms with Crippen LogP contribution in [0.5, 0.6) is 0 Å². The first kappa shape index (κ1) is 14.8. The van der Waals surface area contributed by atoms with Crippen LogP contribution in [0.1, 0.15) is 25.7 Å². The summed E-state index contributed by atoms with van der Waals surface area (Å²) in [6, 6.07) is 0. The Kier molecular flexibility index (Phi) is 5.33. The highest BCUT2D eigenvalue weighted by molar-refractivity contribution is 7.99. The number of tetrazole rings is 1. The zero-order valence-electron chi connectivity index (χ0n) is 11.1. The van der Waals surface area contributed by atoms with Crippen molar-refractivity contribution in [1.29, 1.82) is 0 Å². The van der Waals surface area contributed by atoms with Crippen molar-refractivity contribution < 1.29 is 14.7 Å². The molecule has 0 saturated carbocycles. The largest absolute Gasteiger partial charge is 0.481 e. The molecule has 8 nitrogen and oxygen atoms in total. The molecule has 1 aliphatic rings. The van der Waals surface area contributed by atoms with Gasteiger partial charge in [-0.05, 0) is 29.7 Å². The van der Waals surface area contributed by atoms with Crippen LogP contribution < -0.4 is 0 Å². The minimum absolute atomic E-state index is 0.0968. The monoisotopic (exact) mass is 299 g/mol. The van der Waals surface area contributed by atoms with Crippen molar-refractivity contribution in [2.45, 2.75) is 37.4 Å². The predicted octanol–water partition coefficient (Wildman–Crippen LogP) is 0.252. The number of likely N-dealkylation sites (tertiary alicyclic amines) is 1. The number of aromatic nitrogens is 4. The smallest absolute Gasteiger partial charge is 0.313 e. The van der Waals surface area contributed by atoms with Crippen LogP contribution in [0.2, 0.25) is 0 Å². The summed E-state index contributed by atoms with van der Waals surface area (Å²) in [5, 5.41) is 20.1. The topological polar surface area (TPSA) is 101 Å². The third-order valence-corrected chi connectivity index (χ3v) is 4.01. The van der Waals surface area contributed by atoms with E-state index in [0.29, 0.717) is 18.1 Å². The molecule has 0 bridgehead atoms. The van der Waals surface area contributed by atoms with Gasteiger partial charge >= 0.3 is 5.97 Å². The third kappa shape index (κ3) is 4.19. The van der Waals surface area contributed by atoms with Gasteiger partial charge in [0.05, 0.1) is 12.3 Å². The van der Waals surface area contributed by atoms with E-state index in [2.05, 4.69) is 15.5 Å². The van der Waals surface area contributed by atoms with Crippen LogP contribution in [0.15, 0.2) is 5.16 Å². The molecule has 1 aromatic heterocycles. The van der Waals surface area contributed by atoms with Gasteiger partial charge in [0.1, 0.15) is 0 Å². The molecule has 0 atom stereocenters. The van der Waals surface area contributed by atoms with Crippen LogP contribution in [-0.4, -0.2) is 60.9 Å². The second-order valence-corrected chi connectivity index (χ2v) is 5.50. The van der Waals surface area contributed by atoms with Gasteiger partial charge in [0.15, 0.2) is 0 Å². The summed E-state index contributed by atoms with van der Waals surface area (Å²) in [5.41, 5.74) is 0. The lowest BCUT2D eigenvalue weighted by atomic mass is 10.1. The highest BCUT2D eigenvalue weighted by atomic mass is 32.2.